The molecule has 1 aliphatic heterocycles. The number of amides is 2. The van der Waals surface area contributed by atoms with Crippen LogP contribution in [0.2, 0.25) is 0 Å². The Morgan fingerprint density at radius 1 is 1.27 bits per heavy atom. The number of aliphatic hydroxyl groups excluding tert-OH is 1. The van der Waals surface area contributed by atoms with Crippen LogP contribution in [0, 0.1) is 5.41 Å². The predicted molar refractivity (Wildman–Crippen MR) is 114 cm³/mol. The van der Waals surface area contributed by atoms with Crippen LogP contribution in [-0.4, -0.2) is 69.6 Å². The fraction of sp³-hybridized carbons (Fsp3) is 0.524. The number of likely N-dealkylation sites (N-methyl/N-ethyl adjacent to an activating group) is 1. The maximum atomic E-state index is 13.6. The van der Waals surface area contributed by atoms with Crippen molar-refractivity contribution in [1.29, 1.82) is 0 Å². The second-order valence-corrected chi connectivity index (χ2v) is 8.69. The topological polar surface area (TPSA) is 112 Å². The molecule has 1 aliphatic rings. The molecule has 162 valence electrons. The highest BCUT2D eigenvalue weighted by atomic mass is 16.3. The van der Waals surface area contributed by atoms with Gasteiger partial charge in [0.2, 0.25) is 11.8 Å². The van der Waals surface area contributed by atoms with Gasteiger partial charge in [-0.25, -0.2) is 4.68 Å². The molecule has 1 aromatic carbocycles. The Bertz CT molecular complexity index is 919. The zero-order valence-corrected chi connectivity index (χ0v) is 18.1. The number of carbonyl (C=O) groups is 2. The third-order valence-electron chi connectivity index (χ3n) is 5.39. The van der Waals surface area contributed by atoms with Crippen molar-refractivity contribution in [1.82, 2.24) is 25.2 Å². The lowest BCUT2D eigenvalue weighted by atomic mass is 9.85. The summed E-state index contributed by atoms with van der Waals surface area (Å²) >= 11 is 0. The summed E-state index contributed by atoms with van der Waals surface area (Å²) in [6, 6.07) is 6.39. The molecule has 3 rings (SSSR count). The lowest BCUT2D eigenvalue weighted by Crippen LogP contribution is -2.49. The SMILES string of the molecule is CNC(=O)C1CC(O)CN1C(=O)[C@@H](n1cc(-c2cccc(NC)c2)nn1)C(C)(C)C. The van der Waals surface area contributed by atoms with Crippen molar-refractivity contribution in [2.24, 2.45) is 5.41 Å². The molecule has 1 fully saturated rings. The normalized spacial score (nSPS) is 20.1. The quantitative estimate of drug-likeness (QED) is 0.680. The first-order valence-electron chi connectivity index (χ1n) is 10.1. The van der Waals surface area contributed by atoms with E-state index in [9.17, 15) is 14.7 Å². The van der Waals surface area contributed by atoms with Gasteiger partial charge in [-0.15, -0.1) is 5.10 Å². The number of likely N-dealkylation sites (tertiary alicyclic amines) is 1. The fourth-order valence-electron chi connectivity index (χ4n) is 3.88. The summed E-state index contributed by atoms with van der Waals surface area (Å²) in [5, 5.41) is 24.3. The monoisotopic (exact) mass is 414 g/mol. The largest absolute Gasteiger partial charge is 0.391 e. The summed E-state index contributed by atoms with van der Waals surface area (Å²) in [6.45, 7) is 5.95. The average molecular weight is 415 g/mol. The minimum absolute atomic E-state index is 0.120. The molecule has 2 aromatic rings. The van der Waals surface area contributed by atoms with Gasteiger partial charge in [-0.2, -0.15) is 0 Å². The molecule has 0 aliphatic carbocycles. The number of nitrogens with zero attached hydrogens (tertiary/aromatic N) is 4. The van der Waals surface area contributed by atoms with Crippen LogP contribution in [-0.2, 0) is 9.59 Å². The van der Waals surface area contributed by atoms with Crippen molar-refractivity contribution in [2.45, 2.75) is 45.4 Å². The number of hydrogen-bond donors (Lipinski definition) is 3. The minimum atomic E-state index is -0.729. The van der Waals surface area contributed by atoms with E-state index in [0.29, 0.717) is 5.69 Å². The van der Waals surface area contributed by atoms with E-state index in [4.69, 9.17) is 0 Å². The maximum absolute atomic E-state index is 13.6. The molecule has 3 atom stereocenters. The van der Waals surface area contributed by atoms with Gasteiger partial charge in [-0.1, -0.05) is 38.1 Å². The molecule has 30 heavy (non-hydrogen) atoms. The number of aliphatic hydroxyl groups is 1. The molecule has 9 nitrogen and oxygen atoms in total. The van der Waals surface area contributed by atoms with Crippen molar-refractivity contribution in [2.75, 3.05) is 26.0 Å². The Morgan fingerprint density at radius 2 is 2.00 bits per heavy atom. The summed E-state index contributed by atoms with van der Waals surface area (Å²) < 4.78 is 1.56. The molecule has 3 N–H and O–H groups in total. The summed E-state index contributed by atoms with van der Waals surface area (Å²) in [7, 11) is 3.37. The number of carbonyl (C=O) groups excluding carboxylic acids is 2. The molecule has 0 spiro atoms. The zero-order chi connectivity index (χ0) is 22.1. The Kier molecular flexibility index (Phi) is 6.12. The van der Waals surface area contributed by atoms with Gasteiger partial charge in [-0.3, -0.25) is 9.59 Å². The van der Waals surface area contributed by atoms with Gasteiger partial charge >= 0.3 is 0 Å². The van der Waals surface area contributed by atoms with Gasteiger partial charge in [0.1, 0.15) is 17.8 Å². The Labute approximate surface area is 176 Å². The van der Waals surface area contributed by atoms with Gasteiger partial charge in [0.25, 0.3) is 0 Å². The summed E-state index contributed by atoms with van der Waals surface area (Å²) in [5.41, 5.74) is 1.99. The Hall–Kier alpha value is -2.94. The Balaban J connectivity index is 1.95. The van der Waals surface area contributed by atoms with Crippen LogP contribution in [0.1, 0.15) is 33.2 Å². The van der Waals surface area contributed by atoms with Crippen molar-refractivity contribution in [3.63, 3.8) is 0 Å². The third-order valence-corrected chi connectivity index (χ3v) is 5.39. The number of aromatic nitrogens is 3. The van der Waals surface area contributed by atoms with Gasteiger partial charge in [0.05, 0.1) is 12.3 Å². The highest BCUT2D eigenvalue weighted by Gasteiger charge is 2.45. The van der Waals surface area contributed by atoms with E-state index in [0.717, 1.165) is 11.3 Å². The first kappa shape index (κ1) is 21.8. The molecule has 0 saturated carbocycles. The van der Waals surface area contributed by atoms with E-state index < -0.39 is 23.6 Å². The molecular weight excluding hydrogens is 384 g/mol. The van der Waals surface area contributed by atoms with E-state index in [1.165, 1.54) is 11.9 Å². The van der Waals surface area contributed by atoms with Crippen LogP contribution in [0.4, 0.5) is 5.69 Å². The summed E-state index contributed by atoms with van der Waals surface area (Å²) in [5.74, 6) is -0.538. The molecule has 1 aromatic heterocycles. The molecule has 1 saturated heterocycles. The van der Waals surface area contributed by atoms with Crippen LogP contribution in [0.5, 0.6) is 0 Å². The van der Waals surface area contributed by atoms with E-state index in [1.54, 1.807) is 10.9 Å². The lowest BCUT2D eigenvalue weighted by Gasteiger charge is -2.34. The first-order chi connectivity index (χ1) is 14.2. The van der Waals surface area contributed by atoms with Crippen LogP contribution >= 0.6 is 0 Å². The van der Waals surface area contributed by atoms with Gasteiger partial charge in [0, 0.05) is 38.3 Å². The lowest BCUT2D eigenvalue weighted by molar-refractivity contribution is -0.144. The molecule has 0 radical (unpaired) electrons. The van der Waals surface area contributed by atoms with E-state index >= 15 is 0 Å². The van der Waals surface area contributed by atoms with Gasteiger partial charge < -0.3 is 20.6 Å². The molecule has 2 unspecified atom stereocenters. The standard InChI is InChI=1S/C21H30N6O3/c1-21(2,3)18(20(30)26-11-15(28)10-17(26)19(29)23-5)27-12-16(24-25-27)13-7-6-8-14(9-13)22-4/h6-9,12,15,17-18,22,28H,10-11H2,1-5H3,(H,23,29)/t15?,17?,18-/m1/s1. The second kappa shape index (κ2) is 8.43. The van der Waals surface area contributed by atoms with Crippen LogP contribution in [0.15, 0.2) is 30.5 Å². The number of anilines is 1. The number of nitrogens with one attached hydrogen (secondary N) is 2. The molecule has 9 heteroatoms. The van der Waals surface area contributed by atoms with Crippen molar-refractivity contribution in [3.8, 4) is 11.3 Å². The highest BCUT2D eigenvalue weighted by Crippen LogP contribution is 2.35. The average Bonchev–Trinajstić information content (AvgIpc) is 3.33. The molecule has 2 heterocycles. The third kappa shape index (κ3) is 4.30. The van der Waals surface area contributed by atoms with Crippen LogP contribution in [0.3, 0.4) is 0 Å². The number of rotatable bonds is 5. The zero-order valence-electron chi connectivity index (χ0n) is 18.1. The number of β-amino-alcohol motifs (C(OH)–C–C–N with tert-alkyl or cyclic N) is 1. The molecular formula is C21H30N6O3. The number of benzene rings is 1. The van der Waals surface area contributed by atoms with Crippen LogP contribution < -0.4 is 10.6 Å². The molecule has 0 bridgehead atoms. The fourth-order valence-corrected chi connectivity index (χ4v) is 3.88. The van der Waals surface area contributed by atoms with Crippen LogP contribution in [0.25, 0.3) is 11.3 Å². The van der Waals surface area contributed by atoms with E-state index in [2.05, 4.69) is 20.9 Å². The number of hydrogen-bond acceptors (Lipinski definition) is 6. The van der Waals surface area contributed by atoms with Gasteiger partial charge in [0.15, 0.2) is 0 Å². The maximum Gasteiger partial charge on any atom is 0.248 e. The second-order valence-electron chi connectivity index (χ2n) is 8.69. The van der Waals surface area contributed by atoms with Crippen molar-refractivity contribution < 1.29 is 14.7 Å². The molecule has 2 amide bonds. The first-order valence-corrected chi connectivity index (χ1v) is 10.1. The summed E-state index contributed by atoms with van der Waals surface area (Å²) in [4.78, 5) is 27.3. The van der Waals surface area contributed by atoms with Crippen molar-refractivity contribution >= 4 is 17.5 Å². The van der Waals surface area contributed by atoms with E-state index in [1.807, 2.05) is 52.1 Å². The Morgan fingerprint density at radius 3 is 2.63 bits per heavy atom. The minimum Gasteiger partial charge on any atom is -0.391 e. The van der Waals surface area contributed by atoms with Gasteiger partial charge in [-0.05, 0) is 17.5 Å². The van der Waals surface area contributed by atoms with Crippen molar-refractivity contribution in [3.05, 3.63) is 30.5 Å². The predicted octanol–water partition coefficient (Wildman–Crippen LogP) is 1.28. The highest BCUT2D eigenvalue weighted by molar-refractivity contribution is 5.90. The smallest absolute Gasteiger partial charge is 0.248 e. The van der Waals surface area contributed by atoms with E-state index in [-0.39, 0.29) is 24.8 Å². The summed E-state index contributed by atoms with van der Waals surface area (Å²) in [6.07, 6.45) is 1.25.